The number of benzene rings is 3. The van der Waals surface area contributed by atoms with Crippen LogP contribution in [0.25, 0.3) is 16.7 Å². The quantitative estimate of drug-likeness (QED) is 0.279. The molecule has 0 radical (unpaired) electrons. The smallest absolute Gasteiger partial charge is 0.264 e. The molecule has 1 aliphatic rings. The van der Waals surface area contributed by atoms with Gasteiger partial charge in [0.05, 0.1) is 10.6 Å². The number of sulfonamides is 1. The fraction of sp³-hybridized carbons (Fsp3) is 0.103. The van der Waals surface area contributed by atoms with Gasteiger partial charge in [-0.15, -0.1) is 0 Å². The van der Waals surface area contributed by atoms with E-state index in [9.17, 15) is 29.5 Å². The molecule has 3 aromatic rings. The molecule has 0 spiro atoms. The van der Waals surface area contributed by atoms with Gasteiger partial charge in [0, 0.05) is 12.6 Å². The third-order valence-corrected chi connectivity index (χ3v) is 8.02. The molecule has 37 heavy (non-hydrogen) atoms. The van der Waals surface area contributed by atoms with E-state index in [1.807, 2.05) is 49.4 Å². The van der Waals surface area contributed by atoms with E-state index >= 15 is 0 Å². The Morgan fingerprint density at radius 2 is 1.38 bits per heavy atom. The van der Waals surface area contributed by atoms with E-state index < -0.39 is 21.2 Å². The SMILES string of the molecule is Cc1ccc(S(=O)(=O)N(C)C(=C(C#N)C#N)C(=C(C#N)C#N)c2ccc3c(c2)Cc2ccccc2-3)cc1. The van der Waals surface area contributed by atoms with Crippen molar-refractivity contribution in [1.82, 2.24) is 4.31 Å². The number of likely N-dealkylation sites (N-methyl/N-ethyl adjacent to an activating group) is 1. The second-order valence-electron chi connectivity index (χ2n) is 8.41. The number of rotatable bonds is 5. The molecule has 3 aromatic carbocycles. The molecular weight excluding hydrogens is 482 g/mol. The lowest BCUT2D eigenvalue weighted by atomic mass is 9.92. The molecule has 178 valence electrons. The van der Waals surface area contributed by atoms with Crippen LogP contribution in [-0.4, -0.2) is 19.8 Å². The third-order valence-electron chi connectivity index (χ3n) is 6.25. The Bertz CT molecular complexity index is 1740. The summed E-state index contributed by atoms with van der Waals surface area (Å²) in [6, 6.07) is 26.4. The van der Waals surface area contributed by atoms with E-state index in [0.717, 1.165) is 32.1 Å². The van der Waals surface area contributed by atoms with Gasteiger partial charge in [-0.05, 0) is 53.3 Å². The van der Waals surface area contributed by atoms with Gasteiger partial charge >= 0.3 is 0 Å². The zero-order valence-electron chi connectivity index (χ0n) is 20.0. The molecular formula is C29H19N5O2S. The van der Waals surface area contributed by atoms with Gasteiger partial charge < -0.3 is 0 Å². The van der Waals surface area contributed by atoms with Crippen LogP contribution in [0.4, 0.5) is 0 Å². The van der Waals surface area contributed by atoms with Crippen LogP contribution >= 0.6 is 0 Å². The lowest BCUT2D eigenvalue weighted by molar-refractivity contribution is 0.530. The molecule has 0 unspecified atom stereocenters. The van der Waals surface area contributed by atoms with Crippen molar-refractivity contribution in [2.24, 2.45) is 0 Å². The van der Waals surface area contributed by atoms with Crippen molar-refractivity contribution >= 4 is 15.6 Å². The summed E-state index contributed by atoms with van der Waals surface area (Å²) < 4.78 is 28.0. The van der Waals surface area contributed by atoms with E-state index in [1.54, 1.807) is 36.4 Å². The highest BCUT2D eigenvalue weighted by Gasteiger charge is 2.31. The first-order chi connectivity index (χ1) is 17.8. The van der Waals surface area contributed by atoms with Crippen LogP contribution in [0.3, 0.4) is 0 Å². The Morgan fingerprint density at radius 3 is 2.00 bits per heavy atom. The molecule has 1 aliphatic carbocycles. The largest absolute Gasteiger partial charge is 0.267 e. The summed E-state index contributed by atoms with van der Waals surface area (Å²) in [7, 11) is -3.05. The van der Waals surface area contributed by atoms with E-state index in [4.69, 9.17) is 0 Å². The molecule has 0 saturated heterocycles. The van der Waals surface area contributed by atoms with Gasteiger partial charge in [-0.25, -0.2) is 8.42 Å². The van der Waals surface area contributed by atoms with Crippen molar-refractivity contribution in [3.8, 4) is 35.4 Å². The first-order valence-electron chi connectivity index (χ1n) is 11.1. The average molecular weight is 502 g/mol. The lowest BCUT2D eigenvalue weighted by Gasteiger charge is -2.25. The molecule has 0 aromatic heterocycles. The predicted molar refractivity (Wildman–Crippen MR) is 137 cm³/mol. The molecule has 0 atom stereocenters. The fourth-order valence-corrected chi connectivity index (χ4v) is 5.62. The monoisotopic (exact) mass is 501 g/mol. The molecule has 4 rings (SSSR count). The van der Waals surface area contributed by atoms with Crippen molar-refractivity contribution in [1.29, 1.82) is 21.0 Å². The normalized spacial score (nSPS) is 11.0. The van der Waals surface area contributed by atoms with Gasteiger partial charge in [-0.1, -0.05) is 60.2 Å². The van der Waals surface area contributed by atoms with Crippen LogP contribution in [0, 0.1) is 52.2 Å². The summed E-state index contributed by atoms with van der Waals surface area (Å²) in [5.41, 5.74) is 3.91. The minimum atomic E-state index is -4.26. The molecule has 0 fully saturated rings. The number of fused-ring (bicyclic) bond motifs is 3. The summed E-state index contributed by atoms with van der Waals surface area (Å²) in [6.07, 6.45) is 0.612. The molecule has 7 nitrogen and oxygen atoms in total. The Balaban J connectivity index is 1.97. The highest BCUT2D eigenvalue weighted by molar-refractivity contribution is 7.89. The summed E-state index contributed by atoms with van der Waals surface area (Å²) in [4.78, 5) is -0.0625. The van der Waals surface area contributed by atoms with E-state index in [0.29, 0.717) is 12.0 Å². The van der Waals surface area contributed by atoms with Crippen LogP contribution < -0.4 is 0 Å². The zero-order valence-corrected chi connectivity index (χ0v) is 20.8. The summed E-state index contributed by atoms with van der Waals surface area (Å²) in [5.74, 6) is 0. The maximum atomic E-state index is 13.6. The van der Waals surface area contributed by atoms with Crippen LogP contribution in [0.15, 0.2) is 88.5 Å². The van der Waals surface area contributed by atoms with Gasteiger partial charge in [0.1, 0.15) is 29.8 Å². The number of hydrogen-bond donors (Lipinski definition) is 0. The van der Waals surface area contributed by atoms with Gasteiger partial charge in [-0.3, -0.25) is 4.31 Å². The van der Waals surface area contributed by atoms with Crippen LogP contribution in [0.5, 0.6) is 0 Å². The second kappa shape index (κ2) is 9.84. The maximum absolute atomic E-state index is 13.6. The van der Waals surface area contributed by atoms with Crippen molar-refractivity contribution < 1.29 is 8.42 Å². The van der Waals surface area contributed by atoms with Crippen LogP contribution in [0.2, 0.25) is 0 Å². The van der Waals surface area contributed by atoms with Crippen LogP contribution in [-0.2, 0) is 16.4 Å². The third kappa shape index (κ3) is 4.35. The van der Waals surface area contributed by atoms with Crippen molar-refractivity contribution in [3.63, 3.8) is 0 Å². The van der Waals surface area contributed by atoms with E-state index in [1.165, 1.54) is 19.2 Å². The Labute approximate surface area is 215 Å². The van der Waals surface area contributed by atoms with Crippen LogP contribution in [0.1, 0.15) is 22.3 Å². The maximum Gasteiger partial charge on any atom is 0.264 e. The number of allylic oxidation sites excluding steroid dienone is 3. The summed E-state index contributed by atoms with van der Waals surface area (Å²) in [5, 5.41) is 39.2. The molecule has 0 amide bonds. The fourth-order valence-electron chi connectivity index (χ4n) is 4.40. The van der Waals surface area contributed by atoms with Crippen molar-refractivity contribution in [2.75, 3.05) is 7.05 Å². The summed E-state index contributed by atoms with van der Waals surface area (Å²) in [6.45, 7) is 1.81. The Hall–Kier alpha value is -5.15. The average Bonchev–Trinajstić information content (AvgIpc) is 3.28. The second-order valence-corrected chi connectivity index (χ2v) is 10.4. The van der Waals surface area contributed by atoms with E-state index in [-0.39, 0.29) is 16.2 Å². The highest BCUT2D eigenvalue weighted by atomic mass is 32.2. The molecule has 8 heteroatoms. The molecule has 0 heterocycles. The lowest BCUT2D eigenvalue weighted by Crippen LogP contribution is -2.28. The molecule has 0 aliphatic heterocycles. The predicted octanol–water partition coefficient (Wildman–Crippen LogP) is 4.99. The minimum Gasteiger partial charge on any atom is -0.267 e. The minimum absolute atomic E-state index is 0.0625. The van der Waals surface area contributed by atoms with Gasteiger partial charge in [0.2, 0.25) is 0 Å². The molecule has 0 N–H and O–H groups in total. The first-order valence-corrected chi connectivity index (χ1v) is 12.6. The summed E-state index contributed by atoms with van der Waals surface area (Å²) >= 11 is 0. The zero-order chi connectivity index (χ0) is 26.7. The van der Waals surface area contributed by atoms with Gasteiger partial charge in [0.25, 0.3) is 10.0 Å². The first kappa shape index (κ1) is 25.0. The van der Waals surface area contributed by atoms with E-state index in [2.05, 4.69) is 0 Å². The molecule has 0 saturated carbocycles. The topological polar surface area (TPSA) is 133 Å². The Kier molecular flexibility index (Phi) is 6.64. The number of nitriles is 4. The number of aryl methyl sites for hydroxylation is 1. The van der Waals surface area contributed by atoms with Gasteiger partial charge in [-0.2, -0.15) is 21.0 Å². The standard InChI is InChI=1S/C29H19N5O2S/c1-19-7-10-25(11-8-19)37(35,36)34(2)29(24(17-32)18-33)28(23(15-30)16-31)21-9-12-27-22(14-21)13-20-5-3-4-6-26(20)27/h3-12,14H,13H2,1-2H3. The van der Waals surface area contributed by atoms with Crippen molar-refractivity contribution in [3.05, 3.63) is 106 Å². The Morgan fingerprint density at radius 1 is 0.784 bits per heavy atom. The van der Waals surface area contributed by atoms with Gasteiger partial charge in [0.15, 0.2) is 5.57 Å². The number of hydrogen-bond acceptors (Lipinski definition) is 6. The van der Waals surface area contributed by atoms with Crippen molar-refractivity contribution in [2.45, 2.75) is 18.2 Å². The number of nitrogens with zero attached hydrogens (tertiary/aromatic N) is 5. The highest BCUT2D eigenvalue weighted by Crippen LogP contribution is 2.40. The molecule has 0 bridgehead atoms.